The molecule has 1 fully saturated rings. The first-order valence-electron chi connectivity index (χ1n) is 5.24. The van der Waals surface area contributed by atoms with Crippen molar-refractivity contribution in [2.45, 2.75) is 44.8 Å². The molecule has 2 atom stereocenters. The third-order valence-corrected chi connectivity index (χ3v) is 2.82. The highest BCUT2D eigenvalue weighted by atomic mass is 16.3. The Hall–Kier alpha value is -0.120. The van der Waals surface area contributed by atoms with Gasteiger partial charge < -0.3 is 15.5 Å². The Labute approximate surface area is 80.2 Å². The van der Waals surface area contributed by atoms with E-state index in [1.165, 1.54) is 25.7 Å². The highest BCUT2D eigenvalue weighted by Gasteiger charge is 2.19. The number of nitrogens with one attached hydrogen (secondary N) is 1. The van der Waals surface area contributed by atoms with E-state index < -0.39 is 6.10 Å². The fourth-order valence-electron chi connectivity index (χ4n) is 1.71. The fraction of sp³-hybridized carbons (Fsp3) is 1.00. The minimum Gasteiger partial charge on any atom is -0.394 e. The van der Waals surface area contributed by atoms with E-state index in [1.54, 1.807) is 0 Å². The molecule has 0 spiro atoms. The molecule has 0 bridgehead atoms. The first-order chi connectivity index (χ1) is 6.22. The quantitative estimate of drug-likeness (QED) is 0.568. The molecule has 3 N–H and O–H groups in total. The molecule has 1 saturated carbocycles. The van der Waals surface area contributed by atoms with Crippen LogP contribution in [0.2, 0.25) is 0 Å². The SMILES string of the molecule is CC(CC1CCC1)NCC(O)CO. The van der Waals surface area contributed by atoms with E-state index in [4.69, 9.17) is 10.2 Å². The number of aliphatic hydroxyl groups excluding tert-OH is 2. The Kier molecular flexibility index (Phi) is 4.70. The van der Waals surface area contributed by atoms with E-state index in [0.29, 0.717) is 12.6 Å². The Morgan fingerprint density at radius 2 is 2.15 bits per heavy atom. The van der Waals surface area contributed by atoms with Gasteiger partial charge in [0.15, 0.2) is 0 Å². The molecule has 3 nitrogen and oxygen atoms in total. The zero-order chi connectivity index (χ0) is 9.68. The standard InChI is InChI=1S/C10H21NO2/c1-8(5-9-3-2-4-9)11-6-10(13)7-12/h8-13H,2-7H2,1H3. The van der Waals surface area contributed by atoms with E-state index in [9.17, 15) is 0 Å². The van der Waals surface area contributed by atoms with Crippen LogP contribution < -0.4 is 5.32 Å². The van der Waals surface area contributed by atoms with Crippen LogP contribution in [0.5, 0.6) is 0 Å². The maximum atomic E-state index is 9.10. The monoisotopic (exact) mass is 187 g/mol. The highest BCUT2D eigenvalue weighted by molar-refractivity contribution is 4.75. The van der Waals surface area contributed by atoms with Crippen molar-refractivity contribution in [2.24, 2.45) is 5.92 Å². The molecule has 1 aliphatic carbocycles. The predicted molar refractivity (Wildman–Crippen MR) is 52.5 cm³/mol. The summed E-state index contributed by atoms with van der Waals surface area (Å²) in [6.45, 7) is 2.50. The van der Waals surface area contributed by atoms with Gasteiger partial charge >= 0.3 is 0 Å². The molecule has 1 rings (SSSR count). The normalized spacial score (nSPS) is 22.4. The predicted octanol–water partition coefficient (Wildman–Crippen LogP) is 0.508. The molecular weight excluding hydrogens is 166 g/mol. The Morgan fingerprint density at radius 3 is 2.62 bits per heavy atom. The van der Waals surface area contributed by atoms with Crippen LogP contribution in [0.1, 0.15) is 32.6 Å². The Balaban J connectivity index is 1.99. The van der Waals surface area contributed by atoms with Gasteiger partial charge in [0.1, 0.15) is 0 Å². The van der Waals surface area contributed by atoms with Gasteiger partial charge in [-0.05, 0) is 19.3 Å². The fourth-order valence-corrected chi connectivity index (χ4v) is 1.71. The second-order valence-corrected chi connectivity index (χ2v) is 4.18. The maximum Gasteiger partial charge on any atom is 0.0895 e. The lowest BCUT2D eigenvalue weighted by molar-refractivity contribution is 0.0907. The topological polar surface area (TPSA) is 52.5 Å². The molecule has 78 valence electrons. The van der Waals surface area contributed by atoms with Crippen LogP contribution in [-0.4, -0.2) is 35.5 Å². The maximum absolute atomic E-state index is 9.10. The van der Waals surface area contributed by atoms with Crippen molar-refractivity contribution in [3.05, 3.63) is 0 Å². The molecule has 3 heteroatoms. The number of aliphatic hydroxyl groups is 2. The first-order valence-corrected chi connectivity index (χ1v) is 5.24. The Bertz CT molecular complexity index is 137. The molecule has 1 aliphatic rings. The van der Waals surface area contributed by atoms with Crippen molar-refractivity contribution in [3.63, 3.8) is 0 Å². The molecule has 13 heavy (non-hydrogen) atoms. The van der Waals surface area contributed by atoms with Crippen LogP contribution in [0, 0.1) is 5.92 Å². The average molecular weight is 187 g/mol. The van der Waals surface area contributed by atoms with Gasteiger partial charge in [0.2, 0.25) is 0 Å². The zero-order valence-electron chi connectivity index (χ0n) is 8.37. The Morgan fingerprint density at radius 1 is 1.46 bits per heavy atom. The highest BCUT2D eigenvalue weighted by Crippen LogP contribution is 2.30. The second kappa shape index (κ2) is 5.58. The van der Waals surface area contributed by atoms with Gasteiger partial charge in [-0.2, -0.15) is 0 Å². The summed E-state index contributed by atoms with van der Waals surface area (Å²) in [4.78, 5) is 0. The van der Waals surface area contributed by atoms with Gasteiger partial charge in [-0.25, -0.2) is 0 Å². The van der Waals surface area contributed by atoms with Crippen LogP contribution in [0.3, 0.4) is 0 Å². The van der Waals surface area contributed by atoms with E-state index in [-0.39, 0.29) is 6.61 Å². The minimum atomic E-state index is -0.608. The minimum absolute atomic E-state index is 0.150. The van der Waals surface area contributed by atoms with Crippen LogP contribution in [0.25, 0.3) is 0 Å². The number of hydrogen-bond donors (Lipinski definition) is 3. The lowest BCUT2D eigenvalue weighted by Crippen LogP contribution is -2.37. The molecule has 0 heterocycles. The van der Waals surface area contributed by atoms with Gasteiger partial charge in [0.05, 0.1) is 12.7 Å². The van der Waals surface area contributed by atoms with Crippen molar-refractivity contribution in [3.8, 4) is 0 Å². The van der Waals surface area contributed by atoms with Crippen molar-refractivity contribution in [1.82, 2.24) is 5.32 Å². The van der Waals surface area contributed by atoms with Gasteiger partial charge in [0, 0.05) is 12.6 Å². The van der Waals surface area contributed by atoms with Crippen LogP contribution in [0.4, 0.5) is 0 Å². The van der Waals surface area contributed by atoms with Crippen LogP contribution >= 0.6 is 0 Å². The van der Waals surface area contributed by atoms with Gasteiger partial charge in [-0.1, -0.05) is 19.3 Å². The van der Waals surface area contributed by atoms with Crippen molar-refractivity contribution >= 4 is 0 Å². The summed E-state index contributed by atoms with van der Waals surface area (Å²) in [7, 11) is 0. The summed E-state index contributed by atoms with van der Waals surface area (Å²) in [5.74, 6) is 0.897. The van der Waals surface area contributed by atoms with Crippen molar-refractivity contribution in [1.29, 1.82) is 0 Å². The number of hydrogen-bond acceptors (Lipinski definition) is 3. The van der Waals surface area contributed by atoms with Crippen LogP contribution in [0.15, 0.2) is 0 Å². The lowest BCUT2D eigenvalue weighted by Gasteiger charge is -2.28. The van der Waals surface area contributed by atoms with E-state index >= 15 is 0 Å². The smallest absolute Gasteiger partial charge is 0.0895 e. The van der Waals surface area contributed by atoms with Gasteiger partial charge in [-0.3, -0.25) is 0 Å². The summed E-state index contributed by atoms with van der Waals surface area (Å²) >= 11 is 0. The third-order valence-electron chi connectivity index (χ3n) is 2.82. The summed E-state index contributed by atoms with van der Waals surface area (Å²) in [6, 6.07) is 0.464. The third kappa shape index (κ3) is 4.07. The van der Waals surface area contributed by atoms with Crippen molar-refractivity contribution in [2.75, 3.05) is 13.2 Å². The van der Waals surface area contributed by atoms with E-state index in [0.717, 1.165) is 5.92 Å². The van der Waals surface area contributed by atoms with E-state index in [2.05, 4.69) is 12.2 Å². The molecule has 0 aliphatic heterocycles. The van der Waals surface area contributed by atoms with Crippen LogP contribution in [-0.2, 0) is 0 Å². The molecule has 0 saturated heterocycles. The number of rotatable bonds is 6. The largest absolute Gasteiger partial charge is 0.394 e. The van der Waals surface area contributed by atoms with Gasteiger partial charge in [0.25, 0.3) is 0 Å². The zero-order valence-corrected chi connectivity index (χ0v) is 8.37. The summed E-state index contributed by atoms with van der Waals surface area (Å²) in [6.07, 6.45) is 4.72. The second-order valence-electron chi connectivity index (χ2n) is 4.18. The summed E-state index contributed by atoms with van der Waals surface area (Å²) in [5, 5.41) is 20.9. The lowest BCUT2D eigenvalue weighted by atomic mass is 9.81. The summed E-state index contributed by atoms with van der Waals surface area (Å²) in [5.41, 5.74) is 0. The summed E-state index contributed by atoms with van der Waals surface area (Å²) < 4.78 is 0. The molecule has 0 aromatic carbocycles. The molecule has 0 aromatic heterocycles. The molecule has 0 radical (unpaired) electrons. The molecule has 2 unspecified atom stereocenters. The average Bonchev–Trinajstić information content (AvgIpc) is 2.07. The molecular formula is C10H21NO2. The van der Waals surface area contributed by atoms with Crippen molar-refractivity contribution < 1.29 is 10.2 Å². The first kappa shape index (κ1) is 11.0. The van der Waals surface area contributed by atoms with Gasteiger partial charge in [-0.15, -0.1) is 0 Å². The molecule has 0 amide bonds. The van der Waals surface area contributed by atoms with E-state index in [1.807, 2.05) is 0 Å². The molecule has 0 aromatic rings.